The van der Waals surface area contributed by atoms with Crippen LogP contribution >= 0.6 is 0 Å². The van der Waals surface area contributed by atoms with E-state index in [4.69, 9.17) is 30.1 Å². The Morgan fingerprint density at radius 3 is 0.455 bits per heavy atom. The molecule has 0 bridgehead atoms. The van der Waals surface area contributed by atoms with Crippen LogP contribution in [-0.4, -0.2) is 23.1 Å². The Hall–Kier alpha value is 1.23. The van der Waals surface area contributed by atoms with Gasteiger partial charge in [0.25, 0.3) is 0 Å². The van der Waals surface area contributed by atoms with Gasteiger partial charge < -0.3 is 30.1 Å². The quantitative estimate of drug-likeness (QED) is 0.296. The summed E-state index contributed by atoms with van der Waals surface area (Å²) < 4.78 is 0. The molecular formula is H3B3O6Os2. The smallest absolute Gasteiger partial charge is 0.896 e. The molecule has 0 heterocycles. The molecule has 0 fully saturated rings. The zero-order valence-electron chi connectivity index (χ0n) is 5.28. The molecule has 2 radical (unpaired) electrons. The maximum absolute atomic E-state index is 8.38. The summed E-state index contributed by atoms with van der Waals surface area (Å²) in [4.78, 5) is 0. The van der Waals surface area contributed by atoms with Crippen LogP contribution in [0.2, 0.25) is 0 Å². The number of hydrogen-bond acceptors (Lipinski definition) is 6. The van der Waals surface area contributed by atoms with Crippen molar-refractivity contribution in [2.24, 2.45) is 0 Å². The van der Waals surface area contributed by atoms with E-state index in [2.05, 4.69) is 0 Å². The van der Waals surface area contributed by atoms with E-state index in [0.717, 1.165) is 0 Å². The Morgan fingerprint density at radius 2 is 0.455 bits per heavy atom. The van der Waals surface area contributed by atoms with Gasteiger partial charge in [-0.05, 0) is 0 Å². The third-order valence-electron chi connectivity index (χ3n) is 0. The molecule has 0 N–H and O–H groups in total. The van der Waals surface area contributed by atoms with Crippen LogP contribution in [0.5, 0.6) is 0 Å². The summed E-state index contributed by atoms with van der Waals surface area (Å²) in [7, 11) is -3.75. The van der Waals surface area contributed by atoms with Crippen LogP contribution in [0.25, 0.3) is 0 Å². The first-order valence-electron chi connectivity index (χ1n) is 1.73. The summed E-state index contributed by atoms with van der Waals surface area (Å²) in [5.41, 5.74) is 0. The average molecular weight is 512 g/mol. The van der Waals surface area contributed by atoms with E-state index in [1.165, 1.54) is 0 Å². The van der Waals surface area contributed by atoms with Crippen molar-refractivity contribution in [1.82, 2.24) is 0 Å². The second-order valence-electron chi connectivity index (χ2n) is 0.354. The van der Waals surface area contributed by atoms with Crippen molar-refractivity contribution in [1.29, 1.82) is 0 Å². The Balaban J connectivity index is -0.0000000150. The largest absolute Gasteiger partial charge is 3.00 e. The van der Waals surface area contributed by atoms with E-state index in [0.29, 0.717) is 0 Å². The Morgan fingerprint density at radius 1 is 0.455 bits per heavy atom. The molecule has 0 rings (SSSR count). The van der Waals surface area contributed by atoms with Crippen molar-refractivity contribution in [3.63, 3.8) is 0 Å². The third-order valence-corrected chi connectivity index (χ3v) is 0. The number of rotatable bonds is 0. The zero-order valence-corrected chi connectivity index (χ0v) is 10.4. The molecular weight excluding hydrogens is 509 g/mol. The standard InChI is InChI=1S/3BHO2.2Os/c3*2-1-3;;/h3*1H;;/q3*-2;2*+3. The van der Waals surface area contributed by atoms with Gasteiger partial charge in [0.2, 0.25) is 0 Å². The molecule has 0 aromatic rings. The molecule has 0 aliphatic carbocycles. The van der Waals surface area contributed by atoms with E-state index in [-0.39, 0.29) is 39.6 Å². The molecule has 11 heteroatoms. The molecule has 0 aromatic heterocycles. The molecule has 0 aliphatic rings. The fourth-order valence-corrected chi connectivity index (χ4v) is 0. The molecule has 6 nitrogen and oxygen atoms in total. The van der Waals surface area contributed by atoms with Gasteiger partial charge >= 0.3 is 39.6 Å². The fraction of sp³-hybridized carbons (Fsp3) is 0. The zero-order chi connectivity index (χ0) is 8.12. The minimum Gasteiger partial charge on any atom is -0.896 e. The molecule has 0 aliphatic heterocycles. The van der Waals surface area contributed by atoms with Crippen molar-refractivity contribution in [2.45, 2.75) is 0 Å². The topological polar surface area (TPSA) is 138 Å². The second-order valence-corrected chi connectivity index (χ2v) is 0.354. The van der Waals surface area contributed by atoms with Crippen LogP contribution in [0, 0.1) is 0 Å². The van der Waals surface area contributed by atoms with Crippen LogP contribution in [0.1, 0.15) is 0 Å². The van der Waals surface area contributed by atoms with Crippen LogP contribution in [0.15, 0.2) is 0 Å². The maximum atomic E-state index is 8.38. The minimum atomic E-state index is -1.25. The first-order valence-corrected chi connectivity index (χ1v) is 1.73. The van der Waals surface area contributed by atoms with Gasteiger partial charge in [-0.1, -0.05) is 0 Å². The first kappa shape index (κ1) is 29.5. The predicted octanol–water partition coefficient (Wildman–Crippen LogP) is -9.08. The Labute approximate surface area is 92.7 Å². The predicted molar refractivity (Wildman–Crippen MR) is 21.4 cm³/mol. The fourth-order valence-electron chi connectivity index (χ4n) is 0. The van der Waals surface area contributed by atoms with E-state index in [1.54, 1.807) is 0 Å². The normalized spacial score (nSPS) is 3.82. The van der Waals surface area contributed by atoms with E-state index >= 15 is 0 Å². The van der Waals surface area contributed by atoms with Gasteiger partial charge in [0.1, 0.15) is 0 Å². The summed E-state index contributed by atoms with van der Waals surface area (Å²) in [6, 6.07) is 0. The van der Waals surface area contributed by atoms with Gasteiger partial charge in [0.05, 0.1) is 0 Å². The molecule has 11 heavy (non-hydrogen) atoms. The van der Waals surface area contributed by atoms with Gasteiger partial charge in [-0.25, -0.2) is 0 Å². The summed E-state index contributed by atoms with van der Waals surface area (Å²) >= 11 is 0. The molecule has 64 valence electrons. The van der Waals surface area contributed by atoms with Crippen LogP contribution in [0.3, 0.4) is 0 Å². The average Bonchev–Trinajstić information content (AvgIpc) is 1.70. The molecule has 0 aromatic carbocycles. The number of hydrogen-bond donors (Lipinski definition) is 0. The van der Waals surface area contributed by atoms with Crippen LogP contribution < -0.4 is 30.1 Å². The summed E-state index contributed by atoms with van der Waals surface area (Å²) in [6.07, 6.45) is 0. The van der Waals surface area contributed by atoms with Crippen molar-refractivity contribution in [2.75, 3.05) is 0 Å². The molecule has 0 amide bonds. The van der Waals surface area contributed by atoms with Crippen molar-refractivity contribution in [3.05, 3.63) is 0 Å². The first-order chi connectivity index (χ1) is 4.24. The van der Waals surface area contributed by atoms with Gasteiger partial charge in [0, 0.05) is 0 Å². The van der Waals surface area contributed by atoms with Crippen molar-refractivity contribution >= 4 is 23.1 Å². The summed E-state index contributed by atoms with van der Waals surface area (Å²) in [5, 5.41) is 50.2. The minimum absolute atomic E-state index is 0. The SMILES string of the molecule is [O-]B[O-].[O-]B[O-].[O-]B[O-].[Os+3].[Os+3]. The molecule has 0 saturated heterocycles. The Bertz CT molecular complexity index is 20.5. The van der Waals surface area contributed by atoms with Crippen molar-refractivity contribution < 1.29 is 69.7 Å². The second kappa shape index (κ2) is 65.7. The third kappa shape index (κ3) is 634. The van der Waals surface area contributed by atoms with Gasteiger partial charge in [0.15, 0.2) is 0 Å². The van der Waals surface area contributed by atoms with Gasteiger partial charge in [-0.2, -0.15) is 0 Å². The Kier molecular flexibility index (Phi) is 176. The monoisotopic (exact) mass is 516 g/mol. The van der Waals surface area contributed by atoms with E-state index in [1.807, 2.05) is 0 Å². The molecule has 0 unspecified atom stereocenters. The van der Waals surface area contributed by atoms with Gasteiger partial charge in [-0.15, -0.1) is 23.1 Å². The van der Waals surface area contributed by atoms with Gasteiger partial charge in [-0.3, -0.25) is 0 Å². The molecule has 0 atom stereocenters. The summed E-state index contributed by atoms with van der Waals surface area (Å²) in [5.74, 6) is 0. The maximum Gasteiger partial charge on any atom is 3.00 e. The van der Waals surface area contributed by atoms with Crippen LogP contribution in [-0.2, 0) is 39.6 Å². The van der Waals surface area contributed by atoms with Crippen molar-refractivity contribution in [3.8, 4) is 0 Å². The van der Waals surface area contributed by atoms with Crippen LogP contribution in [0.4, 0.5) is 0 Å². The van der Waals surface area contributed by atoms with E-state index in [9.17, 15) is 0 Å². The summed E-state index contributed by atoms with van der Waals surface area (Å²) in [6.45, 7) is 0. The molecule has 0 saturated carbocycles. The van der Waals surface area contributed by atoms with E-state index < -0.39 is 23.1 Å². The molecule has 0 spiro atoms.